The Morgan fingerprint density at radius 2 is 2.14 bits per heavy atom. The molecule has 0 bridgehead atoms. The van der Waals surface area contributed by atoms with Gasteiger partial charge < -0.3 is 10.8 Å². The van der Waals surface area contributed by atoms with Gasteiger partial charge in [-0.15, -0.1) is 12.4 Å². The van der Waals surface area contributed by atoms with Crippen LogP contribution in [0.2, 0.25) is 5.02 Å². The molecule has 4 heteroatoms. The molecule has 0 fully saturated rings. The lowest BCUT2D eigenvalue weighted by molar-refractivity contribution is 0.134. The first-order valence-electron chi connectivity index (χ1n) is 4.41. The molecule has 78 valence electrons. The van der Waals surface area contributed by atoms with E-state index in [9.17, 15) is 5.11 Å². The van der Waals surface area contributed by atoms with E-state index in [1.165, 1.54) is 0 Å². The molecule has 0 saturated carbocycles. The number of benzene rings is 1. The molecule has 0 unspecified atom stereocenters. The third kappa shape index (κ3) is 1.89. The van der Waals surface area contributed by atoms with E-state index in [0.29, 0.717) is 0 Å². The lowest BCUT2D eigenvalue weighted by Crippen LogP contribution is -2.33. The number of aliphatic hydroxyl groups excluding tert-OH is 1. The van der Waals surface area contributed by atoms with E-state index in [4.69, 9.17) is 17.3 Å². The molecular weight excluding hydrogens is 221 g/mol. The number of hydrogen-bond acceptors (Lipinski definition) is 2. The minimum atomic E-state index is -0.553. The second-order valence-electron chi connectivity index (χ2n) is 3.45. The zero-order valence-corrected chi connectivity index (χ0v) is 9.18. The largest absolute Gasteiger partial charge is 0.387 e. The van der Waals surface area contributed by atoms with Crippen LogP contribution in [-0.4, -0.2) is 11.1 Å². The van der Waals surface area contributed by atoms with Crippen molar-refractivity contribution in [2.45, 2.75) is 25.0 Å². The second kappa shape index (κ2) is 4.49. The molecule has 1 aromatic carbocycles. The smallest absolute Gasteiger partial charge is 0.0944 e. The molecular formula is C10H13Cl2NO. The summed E-state index contributed by atoms with van der Waals surface area (Å²) in [6.07, 6.45) is 1.12. The molecule has 0 amide bonds. The number of hydrogen-bond donors (Lipinski definition) is 2. The van der Waals surface area contributed by atoms with Gasteiger partial charge in [0.1, 0.15) is 0 Å². The van der Waals surface area contributed by atoms with Crippen molar-refractivity contribution >= 4 is 24.0 Å². The van der Waals surface area contributed by atoms with Gasteiger partial charge in [-0.1, -0.05) is 23.7 Å². The van der Waals surface area contributed by atoms with E-state index in [2.05, 4.69) is 0 Å². The zero-order valence-electron chi connectivity index (χ0n) is 7.61. The van der Waals surface area contributed by atoms with E-state index in [1.54, 1.807) is 0 Å². The van der Waals surface area contributed by atoms with Gasteiger partial charge in [0.15, 0.2) is 0 Å². The number of rotatable bonds is 0. The standard InChI is InChI=1S/C10H12ClNO.ClH/c11-8-3-1-2-7-6(8)4-5-9(12)10(7)13;/h1-3,9-10,13H,4-5,12H2;1H/t9-,10-;/m0./s1. The first-order chi connectivity index (χ1) is 6.20. The van der Waals surface area contributed by atoms with Crippen LogP contribution in [0.3, 0.4) is 0 Å². The molecule has 0 aliphatic heterocycles. The summed E-state index contributed by atoms with van der Waals surface area (Å²) in [4.78, 5) is 0. The molecule has 0 radical (unpaired) electrons. The fraction of sp³-hybridized carbons (Fsp3) is 0.400. The van der Waals surface area contributed by atoms with Crippen molar-refractivity contribution in [3.63, 3.8) is 0 Å². The maximum Gasteiger partial charge on any atom is 0.0944 e. The average Bonchev–Trinajstić information content (AvgIpc) is 2.12. The van der Waals surface area contributed by atoms with Crippen LogP contribution < -0.4 is 5.73 Å². The third-order valence-electron chi connectivity index (χ3n) is 2.61. The maximum absolute atomic E-state index is 9.77. The highest BCUT2D eigenvalue weighted by molar-refractivity contribution is 6.31. The molecule has 1 aliphatic rings. The van der Waals surface area contributed by atoms with Gasteiger partial charge in [-0.25, -0.2) is 0 Å². The molecule has 2 rings (SSSR count). The Kier molecular flexibility index (Phi) is 3.78. The quantitative estimate of drug-likeness (QED) is 0.721. The minimum absolute atomic E-state index is 0. The minimum Gasteiger partial charge on any atom is -0.387 e. The van der Waals surface area contributed by atoms with E-state index in [1.807, 2.05) is 18.2 Å². The first kappa shape index (κ1) is 11.8. The lowest BCUT2D eigenvalue weighted by atomic mass is 9.86. The molecule has 0 heterocycles. The van der Waals surface area contributed by atoms with Gasteiger partial charge in [0.05, 0.1) is 6.10 Å². The van der Waals surface area contributed by atoms with Crippen molar-refractivity contribution in [3.05, 3.63) is 34.3 Å². The number of fused-ring (bicyclic) bond motifs is 1. The summed E-state index contributed by atoms with van der Waals surface area (Å²) in [6.45, 7) is 0. The van der Waals surface area contributed by atoms with E-state index < -0.39 is 6.10 Å². The van der Waals surface area contributed by atoms with Crippen molar-refractivity contribution in [3.8, 4) is 0 Å². The second-order valence-corrected chi connectivity index (χ2v) is 3.86. The Hall–Kier alpha value is -0.280. The highest BCUT2D eigenvalue weighted by Crippen LogP contribution is 2.32. The monoisotopic (exact) mass is 233 g/mol. The summed E-state index contributed by atoms with van der Waals surface area (Å²) in [5, 5.41) is 10.5. The van der Waals surface area contributed by atoms with Gasteiger partial charge in [0, 0.05) is 11.1 Å². The lowest BCUT2D eigenvalue weighted by Gasteiger charge is -2.27. The molecule has 1 aliphatic carbocycles. The Bertz CT molecular complexity index is 330. The van der Waals surface area contributed by atoms with E-state index in [-0.39, 0.29) is 18.4 Å². The highest BCUT2D eigenvalue weighted by atomic mass is 35.5. The number of halogens is 2. The van der Waals surface area contributed by atoms with E-state index >= 15 is 0 Å². The van der Waals surface area contributed by atoms with Gasteiger partial charge in [-0.05, 0) is 30.0 Å². The van der Waals surface area contributed by atoms with Crippen LogP contribution in [0.15, 0.2) is 18.2 Å². The first-order valence-corrected chi connectivity index (χ1v) is 4.79. The van der Waals surface area contributed by atoms with Crippen LogP contribution in [0.4, 0.5) is 0 Å². The Labute approximate surface area is 94.5 Å². The predicted octanol–water partition coefficient (Wildman–Crippen LogP) is 2.07. The summed E-state index contributed by atoms with van der Waals surface area (Å²) in [6, 6.07) is 5.45. The third-order valence-corrected chi connectivity index (χ3v) is 2.96. The Balaban J connectivity index is 0.000000980. The summed E-state index contributed by atoms with van der Waals surface area (Å²) >= 11 is 6.00. The Morgan fingerprint density at radius 1 is 1.43 bits per heavy atom. The summed E-state index contributed by atoms with van der Waals surface area (Å²) in [5.74, 6) is 0. The van der Waals surface area contributed by atoms with E-state index in [0.717, 1.165) is 29.0 Å². The topological polar surface area (TPSA) is 46.2 Å². The number of nitrogens with two attached hydrogens (primary N) is 1. The summed E-state index contributed by atoms with van der Waals surface area (Å²) in [5.41, 5.74) is 7.70. The van der Waals surface area contributed by atoms with Crippen LogP contribution in [-0.2, 0) is 6.42 Å². The predicted molar refractivity (Wildman–Crippen MR) is 60.0 cm³/mol. The van der Waals surface area contributed by atoms with Crippen molar-refractivity contribution in [1.82, 2.24) is 0 Å². The highest BCUT2D eigenvalue weighted by Gasteiger charge is 2.25. The van der Waals surface area contributed by atoms with Crippen molar-refractivity contribution in [1.29, 1.82) is 0 Å². The van der Waals surface area contributed by atoms with Gasteiger partial charge in [-0.3, -0.25) is 0 Å². The van der Waals surface area contributed by atoms with Gasteiger partial charge >= 0.3 is 0 Å². The molecule has 14 heavy (non-hydrogen) atoms. The molecule has 0 saturated heterocycles. The van der Waals surface area contributed by atoms with Crippen LogP contribution in [0.25, 0.3) is 0 Å². The van der Waals surface area contributed by atoms with Crippen LogP contribution >= 0.6 is 24.0 Å². The molecule has 2 nitrogen and oxygen atoms in total. The van der Waals surface area contributed by atoms with Crippen LogP contribution in [0.1, 0.15) is 23.7 Å². The van der Waals surface area contributed by atoms with Gasteiger partial charge in [0.2, 0.25) is 0 Å². The molecule has 1 aromatic rings. The van der Waals surface area contributed by atoms with Gasteiger partial charge in [-0.2, -0.15) is 0 Å². The normalized spacial score (nSPS) is 25.1. The number of aliphatic hydroxyl groups is 1. The summed E-state index contributed by atoms with van der Waals surface area (Å²) < 4.78 is 0. The van der Waals surface area contributed by atoms with Crippen LogP contribution in [0, 0.1) is 0 Å². The fourth-order valence-electron chi connectivity index (χ4n) is 1.82. The molecule has 0 spiro atoms. The average molecular weight is 234 g/mol. The summed E-state index contributed by atoms with van der Waals surface area (Å²) in [7, 11) is 0. The van der Waals surface area contributed by atoms with Crippen molar-refractivity contribution in [2.75, 3.05) is 0 Å². The SMILES string of the molecule is Cl.N[C@H]1CCc2c(Cl)cccc2[C@@H]1O. The van der Waals surface area contributed by atoms with Crippen LogP contribution in [0.5, 0.6) is 0 Å². The van der Waals surface area contributed by atoms with Crippen molar-refractivity contribution < 1.29 is 5.11 Å². The fourth-order valence-corrected chi connectivity index (χ4v) is 2.09. The van der Waals surface area contributed by atoms with Crippen molar-refractivity contribution in [2.24, 2.45) is 5.73 Å². The molecule has 3 N–H and O–H groups in total. The molecule has 2 atom stereocenters. The maximum atomic E-state index is 9.77. The molecule has 0 aromatic heterocycles. The Morgan fingerprint density at radius 3 is 2.86 bits per heavy atom. The van der Waals surface area contributed by atoms with Gasteiger partial charge in [0.25, 0.3) is 0 Å². The zero-order chi connectivity index (χ0) is 9.42.